The normalized spacial score (nSPS) is 20.4. The van der Waals surface area contributed by atoms with Crippen molar-refractivity contribution in [3.05, 3.63) is 137 Å². The molecule has 2 aliphatic rings. The van der Waals surface area contributed by atoms with Gasteiger partial charge in [-0.15, -0.1) is 0 Å². The van der Waals surface area contributed by atoms with Crippen LogP contribution in [0.15, 0.2) is 103 Å². The standard InChI is InChI=1S/C43H43F3N4O7/c1-26-7-5-6-10-30(26)24-36-41(55)50-35(23-29-11-15-32(16-12-29)43(44,45)46)40(54)49-34(22-27-8-3-2-4-9-27)37(51)25-31(42(56)57)21-28-13-17-33(18-14-28)47-38(52)19-20-39(53)48-36/h2-18,31,34-36H,19-25H2,1H3,(H,47,52)(H,48,53)(H,49,54)(H,50,55)(H,56,57)/t31-,34-,35+,36-/m1/s1. The number of alkyl halides is 3. The van der Waals surface area contributed by atoms with Crippen LogP contribution < -0.4 is 21.3 Å². The van der Waals surface area contributed by atoms with Crippen LogP contribution in [0.25, 0.3) is 0 Å². The Kier molecular flexibility index (Phi) is 14.0. The molecule has 0 aliphatic carbocycles. The summed E-state index contributed by atoms with van der Waals surface area (Å²) in [5.41, 5.74) is 2.47. The summed E-state index contributed by atoms with van der Waals surface area (Å²) in [6.07, 6.45) is -6.01. The van der Waals surface area contributed by atoms with Crippen LogP contribution in [-0.4, -0.2) is 58.6 Å². The lowest BCUT2D eigenvalue weighted by Gasteiger charge is -2.26. The van der Waals surface area contributed by atoms with Crippen LogP contribution in [0.4, 0.5) is 18.9 Å². The van der Waals surface area contributed by atoms with E-state index in [0.29, 0.717) is 22.4 Å². The minimum absolute atomic E-state index is 0.0108. The summed E-state index contributed by atoms with van der Waals surface area (Å²) in [6, 6.07) is 22.3. The molecule has 4 aromatic carbocycles. The van der Waals surface area contributed by atoms with Crippen LogP contribution in [-0.2, 0) is 60.6 Å². The molecular weight excluding hydrogens is 741 g/mol. The number of hydrogen-bond acceptors (Lipinski definition) is 6. The number of carboxylic acid groups (broad SMARTS) is 1. The number of Topliss-reactive ketones (excluding diaryl/α,β-unsaturated/α-hetero) is 1. The maximum atomic E-state index is 14.3. The second-order valence-electron chi connectivity index (χ2n) is 14.1. The monoisotopic (exact) mass is 784 g/mol. The van der Waals surface area contributed by atoms with Crippen LogP contribution in [0.3, 0.4) is 0 Å². The number of fused-ring (bicyclic) bond motifs is 18. The lowest BCUT2D eigenvalue weighted by atomic mass is 9.90. The summed E-state index contributed by atoms with van der Waals surface area (Å²) in [7, 11) is 0. The van der Waals surface area contributed by atoms with E-state index in [1.165, 1.54) is 12.1 Å². The molecule has 0 radical (unpaired) electrons. The molecule has 2 aliphatic heterocycles. The van der Waals surface area contributed by atoms with Gasteiger partial charge in [0.15, 0.2) is 5.78 Å². The van der Waals surface area contributed by atoms with E-state index >= 15 is 0 Å². The molecule has 5 N–H and O–H groups in total. The molecule has 2 heterocycles. The summed E-state index contributed by atoms with van der Waals surface area (Å²) in [4.78, 5) is 80.9. The number of carbonyl (C=O) groups is 6. The summed E-state index contributed by atoms with van der Waals surface area (Å²) in [5, 5.41) is 20.9. The van der Waals surface area contributed by atoms with Crippen molar-refractivity contribution in [3.8, 4) is 0 Å². The van der Waals surface area contributed by atoms with Gasteiger partial charge in [0.1, 0.15) is 12.1 Å². The fourth-order valence-electron chi connectivity index (χ4n) is 6.54. The number of amides is 4. The number of nitrogens with one attached hydrogen (secondary N) is 4. The molecule has 4 atom stereocenters. The first-order valence-corrected chi connectivity index (χ1v) is 18.4. The van der Waals surface area contributed by atoms with E-state index in [0.717, 1.165) is 17.7 Å². The Labute approximate surface area is 327 Å². The van der Waals surface area contributed by atoms with Crippen molar-refractivity contribution in [2.45, 2.75) is 76.2 Å². The van der Waals surface area contributed by atoms with Gasteiger partial charge in [0, 0.05) is 37.8 Å². The number of aliphatic carboxylic acids is 1. The minimum atomic E-state index is -4.62. The van der Waals surface area contributed by atoms with Crippen molar-refractivity contribution in [2.75, 3.05) is 5.32 Å². The second-order valence-corrected chi connectivity index (χ2v) is 14.1. The molecule has 14 heteroatoms. The van der Waals surface area contributed by atoms with Gasteiger partial charge in [-0.3, -0.25) is 28.8 Å². The first-order chi connectivity index (χ1) is 27.1. The zero-order chi connectivity index (χ0) is 41.1. The van der Waals surface area contributed by atoms with E-state index in [2.05, 4.69) is 21.3 Å². The maximum Gasteiger partial charge on any atom is 0.416 e. The van der Waals surface area contributed by atoms with E-state index in [-0.39, 0.29) is 44.1 Å². The zero-order valence-corrected chi connectivity index (χ0v) is 31.1. The zero-order valence-electron chi connectivity index (χ0n) is 31.1. The third-order valence-corrected chi connectivity index (χ3v) is 9.77. The highest BCUT2D eigenvalue weighted by atomic mass is 19.4. The van der Waals surface area contributed by atoms with Crippen molar-refractivity contribution >= 4 is 41.1 Å². The van der Waals surface area contributed by atoms with Gasteiger partial charge in [-0.2, -0.15) is 13.2 Å². The summed E-state index contributed by atoms with van der Waals surface area (Å²) < 4.78 is 40.2. The highest BCUT2D eigenvalue weighted by Crippen LogP contribution is 2.29. The van der Waals surface area contributed by atoms with Gasteiger partial charge < -0.3 is 26.4 Å². The average molecular weight is 785 g/mol. The number of carboxylic acids is 1. The topological polar surface area (TPSA) is 171 Å². The third kappa shape index (κ3) is 12.3. The van der Waals surface area contributed by atoms with Crippen molar-refractivity contribution in [1.82, 2.24) is 16.0 Å². The van der Waals surface area contributed by atoms with Gasteiger partial charge in [-0.05, 0) is 71.8 Å². The smallest absolute Gasteiger partial charge is 0.416 e. The van der Waals surface area contributed by atoms with Gasteiger partial charge in [-0.1, -0.05) is 78.9 Å². The lowest BCUT2D eigenvalue weighted by Crippen LogP contribution is -2.57. The lowest BCUT2D eigenvalue weighted by molar-refractivity contribution is -0.144. The number of halogens is 3. The van der Waals surface area contributed by atoms with E-state index in [4.69, 9.17) is 0 Å². The van der Waals surface area contributed by atoms with Gasteiger partial charge >= 0.3 is 12.1 Å². The van der Waals surface area contributed by atoms with Crippen molar-refractivity contribution in [3.63, 3.8) is 0 Å². The maximum absolute atomic E-state index is 14.3. The molecular formula is C43H43F3N4O7. The molecule has 2 bridgehead atoms. The summed E-state index contributed by atoms with van der Waals surface area (Å²) in [6.45, 7) is 1.82. The number of benzene rings is 4. The first-order valence-electron chi connectivity index (χ1n) is 18.4. The number of carbonyl (C=O) groups excluding carboxylic acids is 5. The van der Waals surface area contributed by atoms with Crippen LogP contribution >= 0.6 is 0 Å². The molecule has 4 amide bonds. The van der Waals surface area contributed by atoms with E-state index < -0.39 is 77.6 Å². The SMILES string of the molecule is Cc1ccccc1C[C@H]1NC(=O)CCC(=O)Nc2ccc(cc2)C[C@@H](C(=O)O)CC(=O)[C@@H](Cc2ccccc2)NC(=O)[C@H](Cc2ccc(C(F)(F)F)cc2)NC1=O. The molecule has 0 saturated heterocycles. The Morgan fingerprint density at radius 1 is 0.649 bits per heavy atom. The number of hydrogen-bond donors (Lipinski definition) is 5. The van der Waals surface area contributed by atoms with Gasteiger partial charge in [0.05, 0.1) is 17.5 Å². The van der Waals surface area contributed by atoms with E-state index in [1.54, 1.807) is 72.8 Å². The molecule has 57 heavy (non-hydrogen) atoms. The Bertz CT molecular complexity index is 2070. The van der Waals surface area contributed by atoms with Crippen LogP contribution in [0, 0.1) is 12.8 Å². The summed E-state index contributed by atoms with van der Waals surface area (Å²) in [5.74, 6) is -5.81. The van der Waals surface area contributed by atoms with Gasteiger partial charge in [0.2, 0.25) is 23.6 Å². The molecule has 0 aromatic heterocycles. The van der Waals surface area contributed by atoms with Crippen LogP contribution in [0.5, 0.6) is 0 Å². The highest BCUT2D eigenvalue weighted by molar-refractivity contribution is 5.97. The molecule has 0 saturated carbocycles. The predicted molar refractivity (Wildman–Crippen MR) is 205 cm³/mol. The molecule has 4 aromatic rings. The Morgan fingerprint density at radius 3 is 1.84 bits per heavy atom. The Balaban J connectivity index is 1.53. The average Bonchev–Trinajstić information content (AvgIpc) is 3.17. The Hall–Kier alpha value is -6.31. The highest BCUT2D eigenvalue weighted by Gasteiger charge is 2.34. The fourth-order valence-corrected chi connectivity index (χ4v) is 6.54. The van der Waals surface area contributed by atoms with E-state index in [9.17, 15) is 47.0 Å². The number of aryl methyl sites for hydroxylation is 1. The van der Waals surface area contributed by atoms with Gasteiger partial charge in [-0.25, -0.2) is 0 Å². The molecule has 6 rings (SSSR count). The van der Waals surface area contributed by atoms with Crippen molar-refractivity contribution in [1.29, 1.82) is 0 Å². The largest absolute Gasteiger partial charge is 0.481 e. The van der Waals surface area contributed by atoms with Crippen molar-refractivity contribution < 1.29 is 47.0 Å². The number of rotatable bonds is 7. The third-order valence-electron chi connectivity index (χ3n) is 9.77. The van der Waals surface area contributed by atoms with Crippen LogP contribution in [0.2, 0.25) is 0 Å². The van der Waals surface area contributed by atoms with Gasteiger partial charge in [0.25, 0.3) is 0 Å². The predicted octanol–water partition coefficient (Wildman–Crippen LogP) is 5.13. The number of ketones is 1. The number of anilines is 1. The molecule has 11 nitrogen and oxygen atoms in total. The Morgan fingerprint density at radius 2 is 1.21 bits per heavy atom. The van der Waals surface area contributed by atoms with Crippen LogP contribution in [0.1, 0.15) is 52.6 Å². The summed E-state index contributed by atoms with van der Waals surface area (Å²) >= 11 is 0. The quantitative estimate of drug-likeness (QED) is 0.162. The molecule has 0 fully saturated rings. The second kappa shape index (κ2) is 19.0. The molecule has 0 unspecified atom stereocenters. The minimum Gasteiger partial charge on any atom is -0.481 e. The molecule has 298 valence electrons. The molecule has 0 spiro atoms. The van der Waals surface area contributed by atoms with Crippen molar-refractivity contribution in [2.24, 2.45) is 5.92 Å². The van der Waals surface area contributed by atoms with E-state index in [1.807, 2.05) is 13.0 Å². The fraction of sp³-hybridized carbons (Fsp3) is 0.302. The first kappa shape index (κ1) is 41.8.